The van der Waals surface area contributed by atoms with Crippen molar-refractivity contribution in [1.29, 1.82) is 5.26 Å². The molecule has 1 unspecified atom stereocenters. The molecule has 1 aromatic carbocycles. The first-order chi connectivity index (χ1) is 11.1. The fourth-order valence-corrected chi connectivity index (χ4v) is 4.74. The minimum absolute atomic E-state index is 0.415. The number of hydrogen-bond acceptors (Lipinski definition) is 1. The number of benzene rings is 1. The van der Waals surface area contributed by atoms with Crippen LogP contribution >= 0.6 is 0 Å². The second kappa shape index (κ2) is 6.99. The first-order valence-corrected chi connectivity index (χ1v) is 9.03. The topological polar surface area (TPSA) is 23.8 Å². The fourth-order valence-electron chi connectivity index (χ4n) is 4.74. The third-order valence-corrected chi connectivity index (χ3v) is 6.03. The minimum atomic E-state index is -0.698. The van der Waals surface area contributed by atoms with Crippen LogP contribution in [0.1, 0.15) is 68.6 Å². The quantitative estimate of drug-likeness (QED) is 0.717. The smallest absolute Gasteiger partial charge is 0.147 e. The zero-order valence-corrected chi connectivity index (χ0v) is 13.9. The Kier molecular flexibility index (Phi) is 4.99. The van der Waals surface area contributed by atoms with Gasteiger partial charge in [-0.25, -0.2) is 8.78 Å². The Balaban J connectivity index is 1.71. The summed E-state index contributed by atoms with van der Waals surface area (Å²) in [7, 11) is 0. The van der Waals surface area contributed by atoms with Gasteiger partial charge in [-0.3, -0.25) is 0 Å². The van der Waals surface area contributed by atoms with E-state index in [0.717, 1.165) is 24.3 Å². The number of nitrogens with zero attached hydrogens (tertiary/aromatic N) is 1. The molecule has 1 atom stereocenters. The van der Waals surface area contributed by atoms with Crippen molar-refractivity contribution in [3.05, 3.63) is 34.4 Å². The van der Waals surface area contributed by atoms with Gasteiger partial charge >= 0.3 is 0 Å². The van der Waals surface area contributed by atoms with Crippen molar-refractivity contribution in [1.82, 2.24) is 0 Å². The van der Waals surface area contributed by atoms with E-state index in [2.05, 4.69) is 6.92 Å². The van der Waals surface area contributed by atoms with Crippen molar-refractivity contribution in [3.63, 3.8) is 0 Å². The van der Waals surface area contributed by atoms with Crippen LogP contribution in [0.2, 0.25) is 0 Å². The Morgan fingerprint density at radius 2 is 1.87 bits per heavy atom. The molecule has 0 spiro atoms. The lowest BCUT2D eigenvalue weighted by Crippen LogP contribution is -2.27. The van der Waals surface area contributed by atoms with Crippen LogP contribution in [-0.4, -0.2) is 0 Å². The molecule has 0 heterocycles. The van der Waals surface area contributed by atoms with Gasteiger partial charge in [0, 0.05) is 0 Å². The second-order valence-corrected chi connectivity index (χ2v) is 7.37. The summed E-state index contributed by atoms with van der Waals surface area (Å²) in [6, 6.07) is 3.06. The van der Waals surface area contributed by atoms with Crippen LogP contribution in [0, 0.1) is 40.7 Å². The van der Waals surface area contributed by atoms with Gasteiger partial charge in [-0.05, 0) is 67.1 Å². The van der Waals surface area contributed by atoms with Crippen LogP contribution in [0.15, 0.2) is 6.07 Å². The van der Waals surface area contributed by atoms with Gasteiger partial charge in [0.25, 0.3) is 0 Å². The largest absolute Gasteiger partial charge is 0.205 e. The zero-order valence-electron chi connectivity index (χ0n) is 13.9. The van der Waals surface area contributed by atoms with E-state index in [1.807, 2.05) is 0 Å². The fraction of sp³-hybridized carbons (Fsp3) is 0.650. The van der Waals surface area contributed by atoms with Crippen molar-refractivity contribution >= 4 is 0 Å². The van der Waals surface area contributed by atoms with Gasteiger partial charge < -0.3 is 0 Å². The maximum Gasteiger partial charge on any atom is 0.147 e. The molecule has 3 heteroatoms. The van der Waals surface area contributed by atoms with Gasteiger partial charge in [0.15, 0.2) is 0 Å². The highest BCUT2D eigenvalue weighted by Gasteiger charge is 2.32. The Bertz CT molecular complexity index is 609. The number of fused-ring (bicyclic) bond motifs is 1. The van der Waals surface area contributed by atoms with Crippen molar-refractivity contribution in [2.45, 2.75) is 64.7 Å². The van der Waals surface area contributed by atoms with Gasteiger partial charge in [0.2, 0.25) is 0 Å². The van der Waals surface area contributed by atoms with Gasteiger partial charge in [0.1, 0.15) is 23.3 Å². The summed E-state index contributed by atoms with van der Waals surface area (Å²) < 4.78 is 28.1. The number of nitriles is 1. The van der Waals surface area contributed by atoms with E-state index in [1.54, 1.807) is 6.07 Å². The molecule has 23 heavy (non-hydrogen) atoms. The van der Waals surface area contributed by atoms with Gasteiger partial charge in [0.05, 0.1) is 0 Å². The summed E-state index contributed by atoms with van der Waals surface area (Å²) in [4.78, 5) is 0. The Labute approximate surface area is 137 Å². The van der Waals surface area contributed by atoms with Crippen LogP contribution in [-0.2, 0) is 12.8 Å². The molecule has 0 bridgehead atoms. The Morgan fingerprint density at radius 1 is 1.13 bits per heavy atom. The number of halogens is 2. The summed E-state index contributed by atoms with van der Waals surface area (Å²) in [6.07, 6.45) is 10.2. The van der Waals surface area contributed by atoms with E-state index < -0.39 is 17.2 Å². The van der Waals surface area contributed by atoms with Crippen molar-refractivity contribution in [3.8, 4) is 6.07 Å². The molecule has 1 fully saturated rings. The lowest BCUT2D eigenvalue weighted by molar-refractivity contribution is 0.183. The van der Waals surface area contributed by atoms with Crippen LogP contribution in [0.25, 0.3) is 0 Å². The SMILES string of the molecule is CCCC1CCC(C2CCc3c(cc(F)c(C#N)c3F)C2)CC1. The Hall–Kier alpha value is -1.43. The molecule has 1 saturated carbocycles. The average molecular weight is 317 g/mol. The minimum Gasteiger partial charge on any atom is -0.205 e. The number of hydrogen-bond donors (Lipinski definition) is 0. The first-order valence-electron chi connectivity index (χ1n) is 9.03. The van der Waals surface area contributed by atoms with E-state index in [9.17, 15) is 8.78 Å². The lowest BCUT2D eigenvalue weighted by atomic mass is 9.69. The third kappa shape index (κ3) is 3.27. The summed E-state index contributed by atoms with van der Waals surface area (Å²) in [5.41, 5.74) is 0.965. The van der Waals surface area contributed by atoms with Crippen molar-refractivity contribution in [2.75, 3.05) is 0 Å². The third-order valence-electron chi connectivity index (χ3n) is 6.03. The Morgan fingerprint density at radius 3 is 2.52 bits per heavy atom. The van der Waals surface area contributed by atoms with Crippen LogP contribution < -0.4 is 0 Å². The molecule has 0 N–H and O–H groups in total. The van der Waals surface area contributed by atoms with Gasteiger partial charge in [-0.15, -0.1) is 0 Å². The monoisotopic (exact) mass is 317 g/mol. The predicted molar refractivity (Wildman–Crippen MR) is 86.9 cm³/mol. The molecular weight excluding hydrogens is 292 g/mol. The zero-order chi connectivity index (χ0) is 16.4. The predicted octanol–water partition coefficient (Wildman–Crippen LogP) is 5.55. The molecule has 0 radical (unpaired) electrons. The molecule has 0 aliphatic heterocycles. The van der Waals surface area contributed by atoms with Crippen LogP contribution in [0.5, 0.6) is 0 Å². The van der Waals surface area contributed by atoms with Crippen LogP contribution in [0.3, 0.4) is 0 Å². The highest BCUT2D eigenvalue weighted by molar-refractivity contribution is 5.42. The molecule has 0 aromatic heterocycles. The maximum absolute atomic E-state index is 14.3. The van der Waals surface area contributed by atoms with E-state index in [1.165, 1.54) is 44.6 Å². The first kappa shape index (κ1) is 16.4. The van der Waals surface area contributed by atoms with E-state index in [-0.39, 0.29) is 0 Å². The molecular formula is C20H25F2N. The van der Waals surface area contributed by atoms with E-state index in [4.69, 9.17) is 5.26 Å². The van der Waals surface area contributed by atoms with Gasteiger partial charge in [-0.2, -0.15) is 5.26 Å². The highest BCUT2D eigenvalue weighted by Crippen LogP contribution is 2.41. The summed E-state index contributed by atoms with van der Waals surface area (Å²) in [5.74, 6) is 0.832. The molecule has 124 valence electrons. The van der Waals surface area contributed by atoms with Crippen molar-refractivity contribution < 1.29 is 8.78 Å². The molecule has 0 saturated heterocycles. The van der Waals surface area contributed by atoms with Gasteiger partial charge in [-0.1, -0.05) is 32.6 Å². The summed E-state index contributed by atoms with van der Waals surface area (Å²) in [5, 5.41) is 8.90. The molecule has 2 aliphatic rings. The highest BCUT2D eigenvalue weighted by atomic mass is 19.1. The molecule has 2 aliphatic carbocycles. The lowest BCUT2D eigenvalue weighted by Gasteiger charge is -2.36. The second-order valence-electron chi connectivity index (χ2n) is 7.37. The van der Waals surface area contributed by atoms with E-state index in [0.29, 0.717) is 23.8 Å². The molecule has 0 amide bonds. The summed E-state index contributed by atoms with van der Waals surface area (Å²) >= 11 is 0. The van der Waals surface area contributed by atoms with Crippen LogP contribution in [0.4, 0.5) is 8.78 Å². The molecule has 3 rings (SSSR count). The van der Waals surface area contributed by atoms with E-state index >= 15 is 0 Å². The maximum atomic E-state index is 14.3. The molecule has 1 aromatic rings. The standard InChI is InChI=1S/C20H25F2N/c1-2-3-13-4-6-14(7-5-13)15-8-9-17-16(10-15)11-19(21)18(12-23)20(17)22/h11,13-15H,2-10H2,1H3. The van der Waals surface area contributed by atoms with Crippen molar-refractivity contribution in [2.24, 2.45) is 17.8 Å². The normalized spacial score (nSPS) is 27.3. The average Bonchev–Trinajstić information content (AvgIpc) is 2.56. The number of rotatable bonds is 3. The molecule has 1 nitrogen and oxygen atoms in total. The summed E-state index contributed by atoms with van der Waals surface area (Å²) in [6.45, 7) is 2.25.